The van der Waals surface area contributed by atoms with E-state index in [1.54, 1.807) is 0 Å². The molecule has 2 unspecified atom stereocenters. The first-order valence-corrected chi connectivity index (χ1v) is 12.5. The number of fused-ring (bicyclic) bond motifs is 2. The van der Waals surface area contributed by atoms with Gasteiger partial charge in [-0.1, -0.05) is 13.8 Å². The number of piperidine rings is 1. The van der Waals surface area contributed by atoms with Crippen molar-refractivity contribution in [2.45, 2.75) is 82.8 Å². The summed E-state index contributed by atoms with van der Waals surface area (Å²) in [5.74, 6) is 2.79. The van der Waals surface area contributed by atoms with Gasteiger partial charge < -0.3 is 14.7 Å². The Morgan fingerprint density at radius 1 is 1.00 bits per heavy atom. The van der Waals surface area contributed by atoms with Crippen molar-refractivity contribution in [1.29, 1.82) is 0 Å². The number of anilines is 1. The number of ketones is 1. The molecular weight excluding hydrogens is 386 g/mol. The van der Waals surface area contributed by atoms with Crippen LogP contribution in [0, 0.1) is 11.8 Å². The van der Waals surface area contributed by atoms with Crippen molar-refractivity contribution in [2.75, 3.05) is 38.1 Å². The molecule has 2 bridgehead atoms. The number of nitrogens with zero attached hydrogens (tertiary/aromatic N) is 5. The highest BCUT2D eigenvalue weighted by atomic mass is 16.1. The quantitative estimate of drug-likeness (QED) is 0.697. The zero-order valence-electron chi connectivity index (χ0n) is 19.5. The van der Waals surface area contributed by atoms with Crippen molar-refractivity contribution in [3.63, 3.8) is 0 Å². The van der Waals surface area contributed by atoms with E-state index in [4.69, 9.17) is 9.97 Å². The van der Waals surface area contributed by atoms with Crippen LogP contribution in [0.2, 0.25) is 0 Å². The molecule has 4 aliphatic rings. The first-order chi connectivity index (χ1) is 15.0. The van der Waals surface area contributed by atoms with Crippen molar-refractivity contribution < 1.29 is 4.79 Å². The van der Waals surface area contributed by atoms with E-state index in [1.165, 1.54) is 57.2 Å². The normalized spacial score (nSPS) is 32.5. The lowest BCUT2D eigenvalue weighted by Crippen LogP contribution is -2.53. The minimum atomic E-state index is 0.190. The fourth-order valence-electron chi connectivity index (χ4n) is 6.40. The van der Waals surface area contributed by atoms with Gasteiger partial charge in [-0.15, -0.1) is 0 Å². The van der Waals surface area contributed by atoms with Crippen molar-refractivity contribution in [3.05, 3.63) is 18.0 Å². The largest absolute Gasteiger partial charge is 0.332 e. The van der Waals surface area contributed by atoms with Crippen molar-refractivity contribution >= 4 is 11.7 Å². The molecule has 0 amide bonds. The van der Waals surface area contributed by atoms with Crippen LogP contribution in [0.15, 0.2) is 12.4 Å². The van der Waals surface area contributed by atoms with Crippen LogP contribution in [0.5, 0.6) is 0 Å². The Balaban J connectivity index is 1.11. The molecule has 6 nitrogen and oxygen atoms in total. The first kappa shape index (κ1) is 21.3. The predicted molar refractivity (Wildman–Crippen MR) is 123 cm³/mol. The molecule has 2 atom stereocenters. The molecule has 3 aliphatic heterocycles. The molecule has 0 spiro atoms. The van der Waals surface area contributed by atoms with Crippen LogP contribution >= 0.6 is 0 Å². The van der Waals surface area contributed by atoms with E-state index < -0.39 is 0 Å². The van der Waals surface area contributed by atoms with Crippen LogP contribution in [0.4, 0.5) is 5.95 Å². The highest BCUT2D eigenvalue weighted by Gasteiger charge is 2.40. The van der Waals surface area contributed by atoms with E-state index >= 15 is 0 Å². The molecular formula is C25H39N5O. The third-order valence-corrected chi connectivity index (χ3v) is 8.42. The Labute approximate surface area is 187 Å². The molecule has 1 aliphatic carbocycles. The summed E-state index contributed by atoms with van der Waals surface area (Å²) in [4.78, 5) is 29.2. The number of likely N-dealkylation sites (N-methyl/N-ethyl adjacent to an activating group) is 1. The van der Waals surface area contributed by atoms with Crippen molar-refractivity contribution in [2.24, 2.45) is 11.8 Å². The second-order valence-corrected chi connectivity index (χ2v) is 11.0. The summed E-state index contributed by atoms with van der Waals surface area (Å²) in [7, 11) is 2.23. The highest BCUT2D eigenvalue weighted by Crippen LogP contribution is 2.38. The lowest BCUT2D eigenvalue weighted by Gasteiger charge is -2.46. The maximum Gasteiger partial charge on any atom is 0.225 e. The summed E-state index contributed by atoms with van der Waals surface area (Å²) < 4.78 is 0. The fraction of sp³-hybridized carbons (Fsp3) is 0.800. The summed E-state index contributed by atoms with van der Waals surface area (Å²) in [5, 5.41) is 0. The molecule has 0 N–H and O–H groups in total. The van der Waals surface area contributed by atoms with E-state index in [0.717, 1.165) is 25.5 Å². The number of rotatable bonds is 6. The average Bonchev–Trinajstić information content (AvgIpc) is 3.01. The number of aromatic nitrogens is 2. The van der Waals surface area contributed by atoms with E-state index in [9.17, 15) is 4.79 Å². The molecule has 4 heterocycles. The van der Waals surface area contributed by atoms with E-state index in [1.807, 2.05) is 13.8 Å². The summed E-state index contributed by atoms with van der Waals surface area (Å²) in [6.45, 7) is 8.65. The van der Waals surface area contributed by atoms with Gasteiger partial charge in [0, 0.05) is 55.9 Å². The Morgan fingerprint density at radius 3 is 2.19 bits per heavy atom. The molecule has 6 heteroatoms. The number of hydrogen-bond donors (Lipinski definition) is 0. The minimum Gasteiger partial charge on any atom is -0.332 e. The molecule has 31 heavy (non-hydrogen) atoms. The highest BCUT2D eigenvalue weighted by molar-refractivity contribution is 5.80. The van der Waals surface area contributed by atoms with Gasteiger partial charge in [0.05, 0.1) is 0 Å². The van der Waals surface area contributed by atoms with Gasteiger partial charge in [0.2, 0.25) is 5.95 Å². The van der Waals surface area contributed by atoms with Crippen LogP contribution in [0.3, 0.4) is 0 Å². The Hall–Kier alpha value is -1.53. The number of carbonyl (C=O) groups is 1. The van der Waals surface area contributed by atoms with Gasteiger partial charge >= 0.3 is 0 Å². The van der Waals surface area contributed by atoms with Crippen LogP contribution in [0.25, 0.3) is 0 Å². The second-order valence-electron chi connectivity index (χ2n) is 11.0. The van der Waals surface area contributed by atoms with Gasteiger partial charge in [-0.25, -0.2) is 9.97 Å². The summed E-state index contributed by atoms with van der Waals surface area (Å²) >= 11 is 0. The lowest BCUT2D eigenvalue weighted by molar-refractivity contribution is -0.124. The second kappa shape index (κ2) is 8.78. The zero-order valence-corrected chi connectivity index (χ0v) is 19.5. The number of carbonyl (C=O) groups excluding carboxylic acids is 1. The molecule has 3 saturated heterocycles. The van der Waals surface area contributed by atoms with E-state index in [0.29, 0.717) is 35.7 Å². The molecule has 0 aromatic carbocycles. The Bertz CT molecular complexity index is 753. The maximum absolute atomic E-state index is 12.0. The van der Waals surface area contributed by atoms with Crippen LogP contribution in [-0.2, 0) is 4.79 Å². The van der Waals surface area contributed by atoms with Crippen LogP contribution in [0.1, 0.15) is 70.3 Å². The number of Topliss-reactive ketones (excluding diaryl/α,β-unsaturated/α-hetero) is 1. The summed E-state index contributed by atoms with van der Waals surface area (Å²) in [5.41, 5.74) is 1.32. The lowest BCUT2D eigenvalue weighted by atomic mass is 9.74. The SMILES string of the molecule is CC(C)C(=O)CC1CC(N2CCC(c3cnc(N4C5CCC4CN(C)C5)nc3)CC2)C1. The molecule has 0 radical (unpaired) electrons. The smallest absolute Gasteiger partial charge is 0.225 e. The van der Waals surface area contributed by atoms with Gasteiger partial charge in [-0.3, -0.25) is 4.79 Å². The maximum atomic E-state index is 12.0. The Morgan fingerprint density at radius 2 is 1.61 bits per heavy atom. The number of likely N-dealkylation sites (tertiary alicyclic amines) is 2. The monoisotopic (exact) mass is 425 g/mol. The molecule has 1 saturated carbocycles. The third-order valence-electron chi connectivity index (χ3n) is 8.42. The summed E-state index contributed by atoms with van der Waals surface area (Å²) in [6, 6.07) is 1.87. The molecule has 4 fully saturated rings. The van der Waals surface area contributed by atoms with Gasteiger partial charge in [-0.05, 0) is 76.1 Å². The average molecular weight is 426 g/mol. The first-order valence-electron chi connectivity index (χ1n) is 12.5. The van der Waals surface area contributed by atoms with E-state index in [-0.39, 0.29) is 5.92 Å². The van der Waals surface area contributed by atoms with Gasteiger partial charge in [0.1, 0.15) is 5.78 Å². The standard InChI is InChI=1S/C25H39N5O/c1-17(2)24(31)12-18-10-23(11-18)29-8-6-19(7-9-29)20-13-26-25(27-14-20)30-21-4-5-22(30)16-28(3)15-21/h13-14,17-19,21-23H,4-12,15-16H2,1-3H3. The summed E-state index contributed by atoms with van der Waals surface area (Å²) in [6.07, 6.45) is 12.4. The van der Waals surface area contributed by atoms with E-state index in [2.05, 4.69) is 34.1 Å². The molecule has 170 valence electrons. The van der Waals surface area contributed by atoms with Gasteiger partial charge in [0.25, 0.3) is 0 Å². The van der Waals surface area contributed by atoms with Crippen molar-refractivity contribution in [3.8, 4) is 0 Å². The molecule has 1 aromatic rings. The van der Waals surface area contributed by atoms with Gasteiger partial charge in [0.15, 0.2) is 0 Å². The number of hydrogen-bond acceptors (Lipinski definition) is 6. The third kappa shape index (κ3) is 4.38. The predicted octanol–water partition coefficient (Wildman–Crippen LogP) is 3.33. The fourth-order valence-corrected chi connectivity index (χ4v) is 6.40. The zero-order chi connectivity index (χ0) is 21.5. The molecule has 1 aromatic heterocycles. The van der Waals surface area contributed by atoms with Gasteiger partial charge in [-0.2, -0.15) is 0 Å². The molecule has 5 rings (SSSR count). The Kier molecular flexibility index (Phi) is 6.04. The van der Waals surface area contributed by atoms with Crippen molar-refractivity contribution in [1.82, 2.24) is 19.8 Å². The minimum absolute atomic E-state index is 0.190. The van der Waals surface area contributed by atoms with Crippen LogP contribution in [-0.4, -0.2) is 76.9 Å². The number of piperazine rings is 1. The topological polar surface area (TPSA) is 52.6 Å². The van der Waals surface area contributed by atoms with Crippen LogP contribution < -0.4 is 4.90 Å².